The molecule has 8 nitrogen and oxygen atoms in total. The van der Waals surface area contributed by atoms with E-state index in [0.717, 1.165) is 28.3 Å². The summed E-state index contributed by atoms with van der Waals surface area (Å²) < 4.78 is 7.30. The van der Waals surface area contributed by atoms with Crippen LogP contribution < -0.4 is 5.73 Å². The Balaban J connectivity index is 2.00. The second kappa shape index (κ2) is 6.68. The predicted octanol–water partition coefficient (Wildman–Crippen LogP) is 2.56. The number of nitrogens with two attached hydrogens (primary N) is 1. The van der Waals surface area contributed by atoms with Crippen LogP contribution in [-0.2, 0) is 24.6 Å². The van der Waals surface area contributed by atoms with E-state index in [4.69, 9.17) is 10.5 Å². The van der Waals surface area contributed by atoms with Gasteiger partial charge in [0.1, 0.15) is 5.60 Å². The largest absolute Gasteiger partial charge is 0.443 e. The number of carbonyl (C=O) groups excluding carboxylic acids is 2. The van der Waals surface area contributed by atoms with E-state index in [9.17, 15) is 9.59 Å². The van der Waals surface area contributed by atoms with Gasteiger partial charge in [-0.15, -0.1) is 0 Å². The standard InChI is InChI=1S/C19H25N5O3/c1-6-11-10-21-17(20)22-15(11)14-9-12-13(23(14)5)7-8-24(16(12)25)18(26)27-19(2,3)4/h9-10H,6-8H2,1-5H3,(H2,20,21,22). The van der Waals surface area contributed by atoms with Gasteiger partial charge in [-0.05, 0) is 38.8 Å². The summed E-state index contributed by atoms with van der Waals surface area (Å²) in [5.74, 6) is -0.171. The highest BCUT2D eigenvalue weighted by Crippen LogP contribution is 2.30. The first-order chi connectivity index (χ1) is 12.6. The van der Waals surface area contributed by atoms with E-state index in [-0.39, 0.29) is 18.4 Å². The average molecular weight is 371 g/mol. The summed E-state index contributed by atoms with van der Waals surface area (Å²) in [6.07, 6.45) is 2.38. The second-order valence-corrected chi connectivity index (χ2v) is 7.59. The molecule has 2 amide bonds. The fraction of sp³-hybridized carbons (Fsp3) is 0.474. The minimum atomic E-state index is -0.659. The molecule has 0 saturated heterocycles. The van der Waals surface area contributed by atoms with Gasteiger partial charge in [0, 0.05) is 31.9 Å². The molecule has 2 aromatic heterocycles. The van der Waals surface area contributed by atoms with Crippen LogP contribution in [0.2, 0.25) is 0 Å². The molecule has 27 heavy (non-hydrogen) atoms. The van der Waals surface area contributed by atoms with Crippen molar-refractivity contribution in [3.63, 3.8) is 0 Å². The van der Waals surface area contributed by atoms with Crippen LogP contribution in [0.3, 0.4) is 0 Å². The van der Waals surface area contributed by atoms with Crippen LogP contribution in [0.5, 0.6) is 0 Å². The number of anilines is 1. The lowest BCUT2D eigenvalue weighted by atomic mass is 10.1. The van der Waals surface area contributed by atoms with Gasteiger partial charge in [0.25, 0.3) is 5.91 Å². The number of ether oxygens (including phenoxy) is 1. The summed E-state index contributed by atoms with van der Waals surface area (Å²) in [6, 6.07) is 1.77. The lowest BCUT2D eigenvalue weighted by molar-refractivity contribution is 0.0232. The van der Waals surface area contributed by atoms with E-state index in [0.29, 0.717) is 17.7 Å². The molecule has 3 heterocycles. The predicted molar refractivity (Wildman–Crippen MR) is 101 cm³/mol. The number of hydrogen-bond acceptors (Lipinski definition) is 6. The van der Waals surface area contributed by atoms with Crippen molar-refractivity contribution in [1.29, 1.82) is 0 Å². The molecule has 0 radical (unpaired) electrons. The van der Waals surface area contributed by atoms with E-state index in [1.165, 1.54) is 0 Å². The fourth-order valence-electron chi connectivity index (χ4n) is 3.21. The summed E-state index contributed by atoms with van der Waals surface area (Å²) in [5, 5.41) is 0. The van der Waals surface area contributed by atoms with Gasteiger partial charge in [0.15, 0.2) is 0 Å². The number of carbonyl (C=O) groups is 2. The number of fused-ring (bicyclic) bond motifs is 1. The first-order valence-corrected chi connectivity index (χ1v) is 8.97. The number of rotatable bonds is 2. The molecule has 0 bridgehead atoms. The molecule has 0 spiro atoms. The van der Waals surface area contributed by atoms with Crippen LogP contribution in [0.4, 0.5) is 10.7 Å². The Kier molecular flexibility index (Phi) is 4.67. The van der Waals surface area contributed by atoms with Crippen molar-refractivity contribution in [2.75, 3.05) is 12.3 Å². The summed E-state index contributed by atoms with van der Waals surface area (Å²) in [7, 11) is 1.89. The van der Waals surface area contributed by atoms with E-state index in [2.05, 4.69) is 9.97 Å². The maximum absolute atomic E-state index is 12.9. The lowest BCUT2D eigenvalue weighted by Crippen LogP contribution is -2.44. The zero-order chi connectivity index (χ0) is 19.9. The van der Waals surface area contributed by atoms with Crippen LogP contribution in [0.25, 0.3) is 11.4 Å². The highest BCUT2D eigenvalue weighted by atomic mass is 16.6. The molecule has 0 aliphatic carbocycles. The number of amides is 2. The van der Waals surface area contributed by atoms with Gasteiger partial charge >= 0.3 is 6.09 Å². The fourth-order valence-corrected chi connectivity index (χ4v) is 3.21. The average Bonchev–Trinajstić information content (AvgIpc) is 2.91. The number of aromatic nitrogens is 3. The maximum Gasteiger partial charge on any atom is 0.417 e. The zero-order valence-corrected chi connectivity index (χ0v) is 16.4. The minimum Gasteiger partial charge on any atom is -0.443 e. The van der Waals surface area contributed by atoms with Crippen molar-refractivity contribution >= 4 is 17.9 Å². The third-order valence-electron chi connectivity index (χ3n) is 4.53. The van der Waals surface area contributed by atoms with E-state index < -0.39 is 11.7 Å². The third kappa shape index (κ3) is 3.51. The Bertz CT molecular complexity index is 911. The van der Waals surface area contributed by atoms with Gasteiger partial charge in [-0.2, -0.15) is 0 Å². The second-order valence-electron chi connectivity index (χ2n) is 7.59. The number of imide groups is 1. The van der Waals surface area contributed by atoms with Gasteiger partial charge in [-0.1, -0.05) is 6.92 Å². The van der Waals surface area contributed by atoms with Crippen LogP contribution in [0.1, 0.15) is 49.3 Å². The van der Waals surface area contributed by atoms with Gasteiger partial charge < -0.3 is 15.0 Å². The molecule has 0 atom stereocenters. The first-order valence-electron chi connectivity index (χ1n) is 8.97. The van der Waals surface area contributed by atoms with Gasteiger partial charge in [0.05, 0.1) is 17.0 Å². The normalized spacial score (nSPS) is 14.3. The van der Waals surface area contributed by atoms with Crippen LogP contribution in [-0.4, -0.2) is 43.6 Å². The summed E-state index contributed by atoms with van der Waals surface area (Å²) >= 11 is 0. The summed E-state index contributed by atoms with van der Waals surface area (Å²) in [6.45, 7) is 7.62. The van der Waals surface area contributed by atoms with E-state index in [1.54, 1.807) is 33.0 Å². The number of nitrogens with zero attached hydrogens (tertiary/aromatic N) is 4. The van der Waals surface area contributed by atoms with Crippen molar-refractivity contribution in [1.82, 2.24) is 19.4 Å². The number of nitrogen functional groups attached to an aromatic ring is 1. The van der Waals surface area contributed by atoms with Gasteiger partial charge in [0.2, 0.25) is 5.95 Å². The molecule has 3 rings (SSSR count). The first kappa shape index (κ1) is 18.9. The highest BCUT2D eigenvalue weighted by molar-refractivity contribution is 6.05. The van der Waals surface area contributed by atoms with Crippen molar-refractivity contribution in [2.24, 2.45) is 7.05 Å². The Morgan fingerprint density at radius 1 is 1.37 bits per heavy atom. The lowest BCUT2D eigenvalue weighted by Gasteiger charge is -2.28. The van der Waals surface area contributed by atoms with Crippen molar-refractivity contribution in [2.45, 2.75) is 46.1 Å². The van der Waals surface area contributed by atoms with Crippen LogP contribution in [0.15, 0.2) is 12.3 Å². The smallest absolute Gasteiger partial charge is 0.417 e. The Hall–Kier alpha value is -2.90. The minimum absolute atomic E-state index is 0.183. The number of aryl methyl sites for hydroxylation is 1. The molecule has 8 heteroatoms. The molecule has 0 saturated carbocycles. The molecule has 144 valence electrons. The molecular weight excluding hydrogens is 346 g/mol. The molecular formula is C19H25N5O3. The van der Waals surface area contributed by atoms with Gasteiger partial charge in [-0.25, -0.2) is 19.7 Å². The summed E-state index contributed by atoms with van der Waals surface area (Å²) in [5.41, 5.74) is 8.91. The summed E-state index contributed by atoms with van der Waals surface area (Å²) in [4.78, 5) is 34.9. The Morgan fingerprint density at radius 3 is 2.70 bits per heavy atom. The van der Waals surface area contributed by atoms with Crippen molar-refractivity contribution < 1.29 is 14.3 Å². The quantitative estimate of drug-likeness (QED) is 0.870. The Morgan fingerprint density at radius 2 is 2.07 bits per heavy atom. The highest BCUT2D eigenvalue weighted by Gasteiger charge is 2.35. The van der Waals surface area contributed by atoms with E-state index >= 15 is 0 Å². The van der Waals surface area contributed by atoms with Crippen LogP contribution >= 0.6 is 0 Å². The molecule has 0 aromatic carbocycles. The van der Waals surface area contributed by atoms with Crippen LogP contribution in [0, 0.1) is 0 Å². The molecule has 2 N–H and O–H groups in total. The van der Waals surface area contributed by atoms with Crippen molar-refractivity contribution in [3.05, 3.63) is 29.1 Å². The molecule has 0 fully saturated rings. The number of hydrogen-bond donors (Lipinski definition) is 1. The monoisotopic (exact) mass is 371 g/mol. The molecule has 1 aliphatic rings. The molecule has 1 aliphatic heterocycles. The molecule has 2 aromatic rings. The van der Waals surface area contributed by atoms with E-state index in [1.807, 2.05) is 18.5 Å². The zero-order valence-electron chi connectivity index (χ0n) is 16.4. The van der Waals surface area contributed by atoms with Crippen molar-refractivity contribution in [3.8, 4) is 11.4 Å². The Labute approximate surface area is 158 Å². The van der Waals surface area contributed by atoms with Gasteiger partial charge in [-0.3, -0.25) is 4.79 Å². The molecule has 0 unspecified atom stereocenters. The maximum atomic E-state index is 12.9. The SMILES string of the molecule is CCc1cnc(N)nc1-c1cc2c(n1C)CCN(C(=O)OC(C)(C)C)C2=O. The third-order valence-corrected chi connectivity index (χ3v) is 4.53. The topological polar surface area (TPSA) is 103 Å².